The van der Waals surface area contributed by atoms with Crippen LogP contribution in [0, 0.1) is 11.8 Å². The van der Waals surface area contributed by atoms with Crippen molar-refractivity contribution in [2.45, 2.75) is 0 Å². The highest BCUT2D eigenvalue weighted by Gasteiger charge is 2.10. The van der Waals surface area contributed by atoms with Crippen LogP contribution in [0.3, 0.4) is 0 Å². The maximum Gasteiger partial charge on any atom is 0.255 e. The number of amides is 1. The van der Waals surface area contributed by atoms with Crippen LogP contribution >= 0.6 is 0 Å². The van der Waals surface area contributed by atoms with Crippen LogP contribution in [0.5, 0.6) is 5.75 Å². The standard InChI is InChI=1S/C15H15N3O3/c1-18-10-13(9-16-18)17-15(20)12-5-6-14(21-2)11(8-12)4-3-7-19/h5-6,8-10,19H,7H2,1-2H3,(H,17,20). The minimum absolute atomic E-state index is 0.255. The fraction of sp³-hybridized carbons (Fsp3) is 0.200. The molecule has 2 aromatic rings. The molecule has 6 nitrogen and oxygen atoms in total. The number of benzene rings is 1. The Balaban J connectivity index is 2.24. The molecular weight excluding hydrogens is 270 g/mol. The lowest BCUT2D eigenvalue weighted by atomic mass is 10.1. The summed E-state index contributed by atoms with van der Waals surface area (Å²) >= 11 is 0. The highest BCUT2D eigenvalue weighted by atomic mass is 16.5. The van der Waals surface area contributed by atoms with E-state index in [2.05, 4.69) is 22.3 Å². The highest BCUT2D eigenvalue weighted by Crippen LogP contribution is 2.19. The molecule has 2 N–H and O–H groups in total. The van der Waals surface area contributed by atoms with E-state index >= 15 is 0 Å². The fourth-order valence-corrected chi connectivity index (χ4v) is 1.77. The normalized spacial score (nSPS) is 9.67. The molecule has 1 aromatic carbocycles. The maximum absolute atomic E-state index is 12.2. The largest absolute Gasteiger partial charge is 0.495 e. The summed E-state index contributed by atoms with van der Waals surface area (Å²) in [6.07, 6.45) is 3.27. The van der Waals surface area contributed by atoms with Gasteiger partial charge in [-0.25, -0.2) is 0 Å². The predicted octanol–water partition coefficient (Wildman–Crippen LogP) is 1.02. The lowest BCUT2D eigenvalue weighted by Gasteiger charge is -2.07. The molecule has 0 spiro atoms. The summed E-state index contributed by atoms with van der Waals surface area (Å²) in [6.45, 7) is -0.255. The Hall–Kier alpha value is -2.78. The zero-order valence-electron chi connectivity index (χ0n) is 11.8. The summed E-state index contributed by atoms with van der Waals surface area (Å²) in [5, 5.41) is 15.5. The van der Waals surface area contributed by atoms with E-state index in [0.29, 0.717) is 22.6 Å². The van der Waals surface area contributed by atoms with E-state index < -0.39 is 0 Å². The molecule has 0 saturated heterocycles. The van der Waals surface area contributed by atoms with Crippen LogP contribution in [0.4, 0.5) is 5.69 Å². The Bertz CT molecular complexity index is 710. The van der Waals surface area contributed by atoms with Crippen LogP contribution in [0.1, 0.15) is 15.9 Å². The molecule has 6 heteroatoms. The van der Waals surface area contributed by atoms with Gasteiger partial charge in [-0.1, -0.05) is 11.8 Å². The van der Waals surface area contributed by atoms with Gasteiger partial charge in [-0.05, 0) is 18.2 Å². The summed E-state index contributed by atoms with van der Waals surface area (Å²) in [5.74, 6) is 5.58. The summed E-state index contributed by atoms with van der Waals surface area (Å²) in [7, 11) is 3.29. The van der Waals surface area contributed by atoms with E-state index in [9.17, 15) is 4.79 Å². The molecule has 108 valence electrons. The molecule has 0 aliphatic carbocycles. The fourth-order valence-electron chi connectivity index (χ4n) is 1.77. The predicted molar refractivity (Wildman–Crippen MR) is 78.1 cm³/mol. The quantitative estimate of drug-likeness (QED) is 0.826. The zero-order valence-corrected chi connectivity index (χ0v) is 11.8. The lowest BCUT2D eigenvalue weighted by molar-refractivity contribution is 0.102. The molecule has 0 aliphatic heterocycles. The molecule has 0 bridgehead atoms. The number of aromatic nitrogens is 2. The number of aryl methyl sites for hydroxylation is 1. The number of carbonyl (C=O) groups excluding carboxylic acids is 1. The van der Waals surface area contributed by atoms with Crippen LogP contribution in [-0.2, 0) is 7.05 Å². The van der Waals surface area contributed by atoms with Crippen molar-refractivity contribution >= 4 is 11.6 Å². The van der Waals surface area contributed by atoms with Gasteiger partial charge in [0.05, 0.1) is 24.6 Å². The zero-order chi connectivity index (χ0) is 15.2. The molecule has 1 aromatic heterocycles. The Morgan fingerprint density at radius 3 is 2.95 bits per heavy atom. The second-order valence-electron chi connectivity index (χ2n) is 4.23. The molecule has 0 fully saturated rings. The molecule has 0 unspecified atom stereocenters. The van der Waals surface area contributed by atoms with Crippen molar-refractivity contribution in [3.05, 3.63) is 41.7 Å². The minimum Gasteiger partial charge on any atom is -0.495 e. The van der Waals surface area contributed by atoms with E-state index in [1.54, 1.807) is 42.3 Å². The highest BCUT2D eigenvalue weighted by molar-refractivity contribution is 6.04. The van der Waals surface area contributed by atoms with Crippen molar-refractivity contribution in [2.75, 3.05) is 19.0 Å². The molecule has 0 aliphatic rings. The molecule has 1 amide bonds. The maximum atomic E-state index is 12.2. The summed E-state index contributed by atoms with van der Waals surface area (Å²) in [4.78, 5) is 12.2. The molecule has 0 radical (unpaired) electrons. The van der Waals surface area contributed by atoms with E-state index in [1.165, 1.54) is 7.11 Å². The monoisotopic (exact) mass is 285 g/mol. The first-order chi connectivity index (χ1) is 10.1. The first-order valence-corrected chi connectivity index (χ1v) is 6.22. The van der Waals surface area contributed by atoms with Crippen molar-refractivity contribution in [2.24, 2.45) is 7.05 Å². The van der Waals surface area contributed by atoms with Gasteiger partial charge in [-0.3, -0.25) is 9.48 Å². The van der Waals surface area contributed by atoms with Gasteiger partial charge in [0.2, 0.25) is 0 Å². The van der Waals surface area contributed by atoms with E-state index in [4.69, 9.17) is 9.84 Å². The van der Waals surface area contributed by atoms with E-state index in [-0.39, 0.29) is 12.5 Å². The van der Waals surface area contributed by atoms with Gasteiger partial charge in [-0.2, -0.15) is 5.10 Å². The van der Waals surface area contributed by atoms with Crippen LogP contribution in [-0.4, -0.2) is 34.5 Å². The van der Waals surface area contributed by atoms with Gasteiger partial charge in [0.15, 0.2) is 0 Å². The van der Waals surface area contributed by atoms with E-state index in [0.717, 1.165) is 0 Å². The number of ether oxygens (including phenoxy) is 1. The van der Waals surface area contributed by atoms with Crippen molar-refractivity contribution in [3.63, 3.8) is 0 Å². The minimum atomic E-state index is -0.266. The summed E-state index contributed by atoms with van der Waals surface area (Å²) in [5.41, 5.74) is 1.61. The van der Waals surface area contributed by atoms with Gasteiger partial charge in [0.1, 0.15) is 12.4 Å². The van der Waals surface area contributed by atoms with Crippen LogP contribution < -0.4 is 10.1 Å². The van der Waals surface area contributed by atoms with Crippen LogP contribution in [0.15, 0.2) is 30.6 Å². The molecule has 0 saturated carbocycles. The van der Waals surface area contributed by atoms with Gasteiger partial charge < -0.3 is 15.2 Å². The lowest BCUT2D eigenvalue weighted by Crippen LogP contribution is -2.11. The Morgan fingerprint density at radius 1 is 1.52 bits per heavy atom. The van der Waals surface area contributed by atoms with Gasteiger partial charge in [-0.15, -0.1) is 0 Å². The second-order valence-corrected chi connectivity index (χ2v) is 4.23. The number of methoxy groups -OCH3 is 1. The van der Waals surface area contributed by atoms with Gasteiger partial charge in [0.25, 0.3) is 5.91 Å². The summed E-state index contributed by atoms with van der Waals surface area (Å²) < 4.78 is 6.77. The Morgan fingerprint density at radius 2 is 2.33 bits per heavy atom. The topological polar surface area (TPSA) is 76.4 Å². The van der Waals surface area contributed by atoms with Crippen molar-refractivity contribution < 1.29 is 14.6 Å². The molecule has 21 heavy (non-hydrogen) atoms. The van der Waals surface area contributed by atoms with Crippen molar-refractivity contribution in [1.29, 1.82) is 0 Å². The second kappa shape index (κ2) is 6.59. The van der Waals surface area contributed by atoms with Crippen LogP contribution in [0.2, 0.25) is 0 Å². The number of nitrogens with zero attached hydrogens (tertiary/aromatic N) is 2. The average Bonchev–Trinajstić information content (AvgIpc) is 2.89. The number of hydrogen-bond donors (Lipinski definition) is 2. The van der Waals surface area contributed by atoms with Crippen molar-refractivity contribution in [1.82, 2.24) is 9.78 Å². The van der Waals surface area contributed by atoms with Crippen molar-refractivity contribution in [3.8, 4) is 17.6 Å². The molecule has 1 heterocycles. The number of hydrogen-bond acceptors (Lipinski definition) is 4. The average molecular weight is 285 g/mol. The van der Waals surface area contributed by atoms with E-state index in [1.807, 2.05) is 0 Å². The smallest absolute Gasteiger partial charge is 0.255 e. The first kappa shape index (κ1) is 14.6. The number of aliphatic hydroxyl groups is 1. The number of carbonyl (C=O) groups is 1. The third-order valence-corrected chi connectivity index (χ3v) is 2.73. The van der Waals surface area contributed by atoms with Crippen LogP contribution in [0.25, 0.3) is 0 Å². The number of nitrogens with one attached hydrogen (secondary N) is 1. The van der Waals surface area contributed by atoms with Gasteiger partial charge in [0, 0.05) is 18.8 Å². The SMILES string of the molecule is COc1ccc(C(=O)Nc2cnn(C)c2)cc1C#CCO. The summed E-state index contributed by atoms with van der Waals surface area (Å²) in [6, 6.07) is 4.93. The molecule has 2 rings (SSSR count). The Labute approximate surface area is 122 Å². The third-order valence-electron chi connectivity index (χ3n) is 2.73. The number of aliphatic hydroxyl groups excluding tert-OH is 1. The number of anilines is 1. The molecule has 0 atom stereocenters. The first-order valence-electron chi connectivity index (χ1n) is 6.22. The number of rotatable bonds is 3. The third kappa shape index (κ3) is 3.61. The Kier molecular flexibility index (Phi) is 4.59. The van der Waals surface area contributed by atoms with Gasteiger partial charge >= 0.3 is 0 Å². The molecular formula is C15H15N3O3.